The summed E-state index contributed by atoms with van der Waals surface area (Å²) in [5.41, 5.74) is 4.08. The molecule has 1 amide bonds. The van der Waals surface area contributed by atoms with Crippen LogP contribution in [-0.2, 0) is 4.79 Å². The lowest BCUT2D eigenvalue weighted by molar-refractivity contribution is -0.130. The van der Waals surface area contributed by atoms with Gasteiger partial charge in [-0.05, 0) is 31.2 Å². The Morgan fingerprint density at radius 3 is 2.73 bits per heavy atom. The fourth-order valence-electron chi connectivity index (χ4n) is 2.02. The molecule has 0 spiro atoms. The highest BCUT2D eigenvalue weighted by Crippen LogP contribution is 2.30. The standard InChI is InChI=1S/C16H15N3O3/c1-11(12-6-8-17-9-7-12)18-19-16(20)15-10-21-13-4-2-3-5-14(13)22-15/h2-9,15H,10H2,1H3,(H,19,20)/b18-11-/t15-/m1/s1. The first-order valence-electron chi connectivity index (χ1n) is 6.87. The number of pyridine rings is 1. The van der Waals surface area contributed by atoms with Gasteiger partial charge in [0.15, 0.2) is 11.5 Å². The van der Waals surface area contributed by atoms with Crippen molar-refractivity contribution in [1.29, 1.82) is 0 Å². The Morgan fingerprint density at radius 1 is 1.23 bits per heavy atom. The van der Waals surface area contributed by atoms with E-state index in [1.54, 1.807) is 24.5 Å². The smallest absolute Gasteiger partial charge is 0.284 e. The number of nitrogens with zero attached hydrogens (tertiary/aromatic N) is 2. The Bertz CT molecular complexity index is 701. The summed E-state index contributed by atoms with van der Waals surface area (Å²) in [6.45, 7) is 1.97. The summed E-state index contributed by atoms with van der Waals surface area (Å²) in [4.78, 5) is 16.0. The van der Waals surface area contributed by atoms with Crippen LogP contribution in [0, 0.1) is 0 Å². The van der Waals surface area contributed by atoms with Gasteiger partial charge >= 0.3 is 0 Å². The summed E-state index contributed by atoms with van der Waals surface area (Å²) >= 11 is 0. The lowest BCUT2D eigenvalue weighted by atomic mass is 10.2. The molecule has 0 aliphatic carbocycles. The molecule has 1 atom stereocenters. The van der Waals surface area contributed by atoms with Crippen LogP contribution >= 0.6 is 0 Å². The molecule has 6 nitrogen and oxygen atoms in total. The van der Waals surface area contributed by atoms with Gasteiger partial charge in [0.05, 0.1) is 5.71 Å². The second kappa shape index (κ2) is 6.26. The minimum Gasteiger partial charge on any atom is -0.485 e. The largest absolute Gasteiger partial charge is 0.485 e. The highest BCUT2D eigenvalue weighted by atomic mass is 16.6. The molecular weight excluding hydrogens is 282 g/mol. The number of benzene rings is 1. The van der Waals surface area contributed by atoms with Crippen LogP contribution in [0.3, 0.4) is 0 Å². The molecule has 0 saturated heterocycles. The van der Waals surface area contributed by atoms with Crippen LogP contribution < -0.4 is 14.9 Å². The molecule has 2 heterocycles. The molecular formula is C16H15N3O3. The maximum atomic E-state index is 12.1. The van der Waals surface area contributed by atoms with Crippen molar-refractivity contribution in [1.82, 2.24) is 10.4 Å². The molecule has 2 aromatic rings. The number of amides is 1. The Balaban J connectivity index is 1.64. The van der Waals surface area contributed by atoms with Crippen molar-refractivity contribution >= 4 is 11.6 Å². The summed E-state index contributed by atoms with van der Waals surface area (Å²) in [5.74, 6) is 0.856. The highest BCUT2D eigenvalue weighted by molar-refractivity contribution is 5.99. The van der Waals surface area contributed by atoms with Crippen LogP contribution in [-0.4, -0.2) is 29.3 Å². The van der Waals surface area contributed by atoms with E-state index in [1.807, 2.05) is 31.2 Å². The number of para-hydroxylation sites is 2. The molecule has 0 unspecified atom stereocenters. The lowest BCUT2D eigenvalue weighted by Crippen LogP contribution is -2.42. The fraction of sp³-hybridized carbons (Fsp3) is 0.188. The summed E-state index contributed by atoms with van der Waals surface area (Å²) in [5, 5.41) is 4.08. The van der Waals surface area contributed by atoms with E-state index in [2.05, 4.69) is 15.5 Å². The van der Waals surface area contributed by atoms with E-state index in [1.165, 1.54) is 0 Å². The van der Waals surface area contributed by atoms with E-state index in [-0.39, 0.29) is 12.5 Å². The van der Waals surface area contributed by atoms with Gasteiger partial charge in [-0.1, -0.05) is 12.1 Å². The van der Waals surface area contributed by atoms with Crippen molar-refractivity contribution in [2.45, 2.75) is 13.0 Å². The molecule has 112 valence electrons. The van der Waals surface area contributed by atoms with E-state index in [9.17, 15) is 4.79 Å². The van der Waals surface area contributed by atoms with Crippen molar-refractivity contribution in [3.63, 3.8) is 0 Å². The van der Waals surface area contributed by atoms with Crippen LogP contribution in [0.15, 0.2) is 53.9 Å². The molecule has 1 aliphatic rings. The van der Waals surface area contributed by atoms with Gasteiger partial charge in [-0.25, -0.2) is 5.43 Å². The monoisotopic (exact) mass is 297 g/mol. The number of carbonyl (C=O) groups is 1. The van der Waals surface area contributed by atoms with Crippen molar-refractivity contribution in [3.8, 4) is 11.5 Å². The molecule has 0 bridgehead atoms. The summed E-state index contributed by atoms with van der Waals surface area (Å²) < 4.78 is 11.1. The van der Waals surface area contributed by atoms with Crippen molar-refractivity contribution in [2.24, 2.45) is 5.10 Å². The molecule has 0 fully saturated rings. The van der Waals surface area contributed by atoms with Gasteiger partial charge in [0.1, 0.15) is 6.61 Å². The third-order valence-electron chi connectivity index (χ3n) is 3.23. The second-order valence-corrected chi connectivity index (χ2v) is 4.77. The van der Waals surface area contributed by atoms with Gasteiger partial charge in [0.2, 0.25) is 6.10 Å². The highest BCUT2D eigenvalue weighted by Gasteiger charge is 2.27. The van der Waals surface area contributed by atoms with Crippen LogP contribution in [0.25, 0.3) is 0 Å². The molecule has 0 saturated carbocycles. The topological polar surface area (TPSA) is 72.8 Å². The molecule has 0 radical (unpaired) electrons. The van der Waals surface area contributed by atoms with Crippen LogP contribution in [0.5, 0.6) is 11.5 Å². The van der Waals surface area contributed by atoms with Crippen molar-refractivity contribution in [2.75, 3.05) is 6.61 Å². The van der Waals surface area contributed by atoms with E-state index in [0.29, 0.717) is 17.2 Å². The third kappa shape index (κ3) is 3.06. The zero-order valence-electron chi connectivity index (χ0n) is 12.0. The van der Waals surface area contributed by atoms with Gasteiger partial charge in [0.25, 0.3) is 5.91 Å². The molecule has 1 aliphatic heterocycles. The van der Waals surface area contributed by atoms with Crippen molar-refractivity contribution in [3.05, 3.63) is 54.4 Å². The van der Waals surface area contributed by atoms with E-state index < -0.39 is 6.10 Å². The van der Waals surface area contributed by atoms with Crippen molar-refractivity contribution < 1.29 is 14.3 Å². The minimum atomic E-state index is -0.719. The van der Waals surface area contributed by atoms with Gasteiger partial charge in [-0.3, -0.25) is 9.78 Å². The second-order valence-electron chi connectivity index (χ2n) is 4.77. The Kier molecular flexibility index (Phi) is 4.00. The zero-order chi connectivity index (χ0) is 15.4. The molecule has 3 rings (SSSR count). The van der Waals surface area contributed by atoms with Crippen LogP contribution in [0.2, 0.25) is 0 Å². The maximum absolute atomic E-state index is 12.1. The molecule has 6 heteroatoms. The number of hydrazone groups is 1. The predicted octanol–water partition coefficient (Wildman–Crippen LogP) is 1.76. The van der Waals surface area contributed by atoms with E-state index >= 15 is 0 Å². The van der Waals surface area contributed by atoms with Gasteiger partial charge in [-0.2, -0.15) is 5.10 Å². The number of carbonyl (C=O) groups excluding carboxylic acids is 1. The average Bonchev–Trinajstić information content (AvgIpc) is 2.59. The van der Waals surface area contributed by atoms with E-state index in [4.69, 9.17) is 9.47 Å². The Labute approximate surface area is 127 Å². The number of nitrogens with one attached hydrogen (secondary N) is 1. The quantitative estimate of drug-likeness (QED) is 0.692. The predicted molar refractivity (Wildman–Crippen MR) is 80.9 cm³/mol. The van der Waals surface area contributed by atoms with Crippen LogP contribution in [0.1, 0.15) is 12.5 Å². The van der Waals surface area contributed by atoms with Crippen LogP contribution in [0.4, 0.5) is 0 Å². The van der Waals surface area contributed by atoms with Gasteiger partial charge in [-0.15, -0.1) is 0 Å². The third-order valence-corrected chi connectivity index (χ3v) is 3.23. The number of rotatable bonds is 3. The molecule has 1 N–H and O–H groups in total. The minimum absolute atomic E-state index is 0.159. The number of ether oxygens (including phenoxy) is 2. The number of fused-ring (bicyclic) bond motifs is 1. The molecule has 1 aromatic heterocycles. The fourth-order valence-corrected chi connectivity index (χ4v) is 2.02. The first-order valence-corrected chi connectivity index (χ1v) is 6.87. The summed E-state index contributed by atoms with van der Waals surface area (Å²) in [7, 11) is 0. The van der Waals surface area contributed by atoms with Gasteiger partial charge in [0, 0.05) is 18.0 Å². The summed E-state index contributed by atoms with van der Waals surface area (Å²) in [6, 6.07) is 10.9. The normalized spacial score (nSPS) is 17.0. The molecule has 22 heavy (non-hydrogen) atoms. The van der Waals surface area contributed by atoms with Gasteiger partial charge < -0.3 is 9.47 Å². The number of aromatic nitrogens is 1. The average molecular weight is 297 g/mol. The summed E-state index contributed by atoms with van der Waals surface area (Å²) in [6.07, 6.45) is 2.63. The first kappa shape index (κ1) is 14.1. The maximum Gasteiger partial charge on any atom is 0.284 e. The SMILES string of the molecule is C/C(=N/NC(=O)[C@H]1COc2ccccc2O1)c1ccncc1. The first-order chi connectivity index (χ1) is 10.7. The number of hydrogen-bond donors (Lipinski definition) is 1. The Hall–Kier alpha value is -2.89. The Morgan fingerprint density at radius 2 is 1.95 bits per heavy atom. The van der Waals surface area contributed by atoms with E-state index in [0.717, 1.165) is 5.56 Å². The number of hydrogen-bond acceptors (Lipinski definition) is 5. The molecule has 1 aromatic carbocycles. The lowest BCUT2D eigenvalue weighted by Gasteiger charge is -2.24. The zero-order valence-corrected chi connectivity index (χ0v) is 12.0.